The van der Waals surface area contributed by atoms with Crippen LogP contribution in [0.15, 0.2) is 0 Å². The van der Waals surface area contributed by atoms with Gasteiger partial charge in [0.05, 0.1) is 14.2 Å². The van der Waals surface area contributed by atoms with E-state index < -0.39 is 24.1 Å². The number of carbonyl (C=O) groups excluding carboxylic acids is 2. The number of esters is 2. The van der Waals surface area contributed by atoms with Crippen LogP contribution in [-0.2, 0) is 40.8 Å². The average Bonchev–Trinajstić information content (AvgIpc) is 2.54. The van der Waals surface area contributed by atoms with E-state index in [1.54, 1.807) is 0 Å². The Bertz CT molecular complexity index is 253. The van der Waals surface area contributed by atoms with Crippen LogP contribution in [0.5, 0.6) is 0 Å². The maximum absolute atomic E-state index is 9.98. The summed E-state index contributed by atoms with van der Waals surface area (Å²) in [7, 11) is 2.38. The maximum atomic E-state index is 9.98. The van der Waals surface area contributed by atoms with Gasteiger partial charge in [0.15, 0.2) is 0 Å². The molecule has 0 bridgehead atoms. The second-order valence-electron chi connectivity index (χ2n) is 5.23. The summed E-state index contributed by atoms with van der Waals surface area (Å²) >= 11 is 0. The van der Waals surface area contributed by atoms with Gasteiger partial charge in [-0.2, -0.15) is 0 Å². The Labute approximate surface area is 166 Å². The fraction of sp³-hybridized carbons (Fsp3) is 0.750. The molecule has 0 aliphatic carbocycles. The van der Waals surface area contributed by atoms with Crippen LogP contribution in [0.4, 0.5) is 0 Å². The second-order valence-corrected chi connectivity index (χ2v) is 5.23. The van der Waals surface area contributed by atoms with Crippen molar-refractivity contribution in [1.29, 1.82) is 0 Å². The molecule has 25 heavy (non-hydrogen) atoms. The molecule has 0 saturated heterocycles. The Hall–Kier alpha value is -0.506. The van der Waals surface area contributed by atoms with Gasteiger partial charge in [-0.15, -0.1) is 0 Å². The van der Waals surface area contributed by atoms with Crippen LogP contribution in [0.2, 0.25) is 0 Å². The van der Waals surface area contributed by atoms with Gasteiger partial charge in [-0.25, -0.2) is 0 Å². The van der Waals surface area contributed by atoms with E-state index in [2.05, 4.69) is 23.3 Å². The first-order chi connectivity index (χ1) is 10.9. The normalized spacial score (nSPS) is 11.1. The van der Waals surface area contributed by atoms with E-state index in [-0.39, 0.29) is 21.7 Å². The van der Waals surface area contributed by atoms with Crippen molar-refractivity contribution in [2.75, 3.05) is 27.4 Å². The van der Waals surface area contributed by atoms with E-state index in [1.807, 2.05) is 27.7 Å². The third-order valence-electron chi connectivity index (χ3n) is 1.68. The third kappa shape index (κ3) is 45.2. The molecule has 0 aromatic carbocycles. The van der Waals surface area contributed by atoms with Gasteiger partial charge < -0.3 is 43.7 Å². The first kappa shape index (κ1) is 35.6. The average molecular weight is 402 g/mol. The molecule has 0 fully saturated rings. The van der Waals surface area contributed by atoms with Gasteiger partial charge in [-0.05, 0) is 11.8 Å². The van der Waals surface area contributed by atoms with Crippen LogP contribution in [0.1, 0.15) is 27.7 Å². The number of methoxy groups -OCH3 is 2. The molecule has 0 aromatic rings. The molecule has 0 heterocycles. The van der Waals surface area contributed by atoms with Crippen LogP contribution in [0, 0.1) is 25.7 Å². The molecular formula is C16H34O8Ti. The Balaban J connectivity index is -0.0000000711. The second kappa shape index (κ2) is 25.7. The van der Waals surface area contributed by atoms with E-state index in [0.717, 1.165) is 0 Å². The molecule has 2 unspecified atom stereocenters. The molecule has 9 heteroatoms. The molecule has 0 radical (unpaired) electrons. The standard InChI is InChI=1S/2C4H7O3.2C4H10O.Ti/c2*1-3(5)4(6)7-2;2*1-4(2)3-5;/h2*3,5H,1H2,2H3;2*4-5H,3H2,1-2H3;/q2*-1;;;+2. The minimum absolute atomic E-state index is 0. The van der Waals surface area contributed by atoms with Crippen LogP contribution in [0.3, 0.4) is 0 Å². The van der Waals surface area contributed by atoms with Crippen LogP contribution >= 0.6 is 0 Å². The van der Waals surface area contributed by atoms with Crippen LogP contribution in [0.25, 0.3) is 0 Å². The van der Waals surface area contributed by atoms with E-state index in [4.69, 9.17) is 20.4 Å². The summed E-state index contributed by atoms with van der Waals surface area (Å²) in [4.78, 5) is 20.0. The number of ether oxygens (including phenoxy) is 2. The minimum atomic E-state index is -1.25. The first-order valence-corrected chi connectivity index (χ1v) is 7.30. The first-order valence-electron chi connectivity index (χ1n) is 7.30. The number of hydrogen-bond donors (Lipinski definition) is 4. The van der Waals surface area contributed by atoms with E-state index in [1.165, 1.54) is 14.2 Å². The van der Waals surface area contributed by atoms with Crippen molar-refractivity contribution < 1.29 is 61.2 Å². The number of rotatable bonds is 4. The smallest absolute Gasteiger partial charge is 0.469 e. The van der Waals surface area contributed by atoms with Crippen molar-refractivity contribution in [2.45, 2.75) is 39.9 Å². The van der Waals surface area contributed by atoms with Gasteiger partial charge in [-0.1, -0.05) is 27.7 Å². The van der Waals surface area contributed by atoms with E-state index in [9.17, 15) is 9.59 Å². The van der Waals surface area contributed by atoms with Crippen molar-refractivity contribution in [3.63, 3.8) is 0 Å². The molecule has 0 aromatic heterocycles. The van der Waals surface area contributed by atoms with Crippen molar-refractivity contribution in [1.82, 2.24) is 0 Å². The summed E-state index contributed by atoms with van der Waals surface area (Å²) in [6.45, 7) is 14.5. The van der Waals surface area contributed by atoms with Crippen LogP contribution in [-0.4, -0.2) is 72.0 Å². The van der Waals surface area contributed by atoms with E-state index in [0.29, 0.717) is 25.0 Å². The zero-order chi connectivity index (χ0) is 20.3. The van der Waals surface area contributed by atoms with Crippen molar-refractivity contribution >= 4 is 11.9 Å². The Morgan fingerprint density at radius 1 is 0.800 bits per heavy atom. The fourth-order valence-corrected chi connectivity index (χ4v) is 0.272. The summed E-state index contributed by atoms with van der Waals surface area (Å²) in [5.41, 5.74) is 0. The van der Waals surface area contributed by atoms with Gasteiger partial charge in [0, 0.05) is 25.4 Å². The van der Waals surface area contributed by atoms with Crippen molar-refractivity contribution in [3.8, 4) is 0 Å². The van der Waals surface area contributed by atoms with Gasteiger partial charge in [0.1, 0.15) is 0 Å². The van der Waals surface area contributed by atoms with Gasteiger partial charge in [0.2, 0.25) is 0 Å². The SMILES string of the molecule is CC(C)CO.CC(C)CO.[CH2-]C(O)C(=O)OC.[CH2-]C(O)C(=O)OC.[Ti+2]. The molecule has 0 aliphatic rings. The minimum Gasteiger partial charge on any atom is -0.469 e. The summed E-state index contributed by atoms with van der Waals surface area (Å²) in [6.07, 6.45) is -2.49. The van der Waals surface area contributed by atoms with Gasteiger partial charge in [-0.3, -0.25) is 9.59 Å². The number of aliphatic hydroxyl groups excluding tert-OH is 4. The molecule has 0 spiro atoms. The molecule has 8 nitrogen and oxygen atoms in total. The molecule has 150 valence electrons. The third-order valence-corrected chi connectivity index (χ3v) is 1.68. The fourth-order valence-electron chi connectivity index (χ4n) is 0.272. The number of carbonyl (C=O) groups is 2. The topological polar surface area (TPSA) is 134 Å². The predicted octanol–water partition coefficient (Wildman–Crippen LogP) is -0.0243. The molecule has 4 N–H and O–H groups in total. The van der Waals surface area contributed by atoms with Crippen molar-refractivity contribution in [2.24, 2.45) is 11.8 Å². The summed E-state index contributed by atoms with van der Waals surface area (Å²) in [6, 6.07) is 0. The summed E-state index contributed by atoms with van der Waals surface area (Å²) < 4.78 is 8.12. The number of aliphatic hydroxyl groups is 4. The summed E-state index contributed by atoms with van der Waals surface area (Å²) in [5, 5.41) is 32.8. The van der Waals surface area contributed by atoms with Gasteiger partial charge >= 0.3 is 33.7 Å². The Morgan fingerprint density at radius 2 is 0.960 bits per heavy atom. The Morgan fingerprint density at radius 3 is 0.960 bits per heavy atom. The van der Waals surface area contributed by atoms with E-state index >= 15 is 0 Å². The zero-order valence-electron chi connectivity index (χ0n) is 16.1. The quantitative estimate of drug-likeness (QED) is 0.293. The zero-order valence-corrected chi connectivity index (χ0v) is 17.6. The Kier molecular flexibility index (Phi) is 36.6. The predicted molar refractivity (Wildman–Crippen MR) is 90.6 cm³/mol. The van der Waals surface area contributed by atoms with Crippen LogP contribution < -0.4 is 0 Å². The molecule has 0 aliphatic heterocycles. The molecule has 0 saturated carbocycles. The maximum Gasteiger partial charge on any atom is 2.00 e. The molecular weight excluding hydrogens is 368 g/mol. The van der Waals surface area contributed by atoms with Crippen molar-refractivity contribution in [3.05, 3.63) is 13.8 Å². The number of hydrogen-bond acceptors (Lipinski definition) is 8. The molecule has 0 amide bonds. The monoisotopic (exact) mass is 402 g/mol. The molecule has 2 atom stereocenters. The largest absolute Gasteiger partial charge is 2.00 e. The summed E-state index contributed by atoms with van der Waals surface area (Å²) in [5.74, 6) is -0.537. The van der Waals surface area contributed by atoms with Gasteiger partial charge in [0.25, 0.3) is 0 Å². The molecule has 0 rings (SSSR count).